The summed E-state index contributed by atoms with van der Waals surface area (Å²) in [4.78, 5) is 0. The summed E-state index contributed by atoms with van der Waals surface area (Å²) < 4.78 is 5.66. The molecule has 3 rings (SSSR count). The first-order valence-corrected chi connectivity index (χ1v) is 6.23. The summed E-state index contributed by atoms with van der Waals surface area (Å²) >= 11 is 0. The molecule has 0 spiro atoms. The van der Waals surface area contributed by atoms with Gasteiger partial charge in [-0.05, 0) is 37.0 Å². The van der Waals surface area contributed by atoms with E-state index in [0.717, 1.165) is 25.3 Å². The maximum Gasteiger partial charge on any atom is 0.122 e. The Balaban J connectivity index is 2.15. The zero-order valence-electron chi connectivity index (χ0n) is 9.88. The third kappa shape index (κ3) is 1.23. The highest BCUT2D eigenvalue weighted by Crippen LogP contribution is 2.48. The molecule has 1 aromatic carbocycles. The second-order valence-electron chi connectivity index (χ2n) is 5.17. The average Bonchev–Trinajstić information content (AvgIpc) is 2.68. The van der Waals surface area contributed by atoms with E-state index in [1.807, 2.05) is 0 Å². The Labute approximate surface area is 96.8 Å². The minimum Gasteiger partial charge on any atom is -0.493 e. The molecule has 0 atom stereocenters. The number of hydrogen-bond donors (Lipinski definition) is 1. The van der Waals surface area contributed by atoms with Gasteiger partial charge in [-0.1, -0.05) is 12.5 Å². The molecule has 0 aromatic heterocycles. The van der Waals surface area contributed by atoms with Gasteiger partial charge in [-0.25, -0.2) is 0 Å². The Bertz CT molecular complexity index is 415. The van der Waals surface area contributed by atoms with Crippen LogP contribution in [0.1, 0.15) is 36.0 Å². The standard InChI is InChI=1S/C14H19NO/c1-10-3-4-12-11(5-8-16-12)13(10)14(9-15)6-2-7-14/h3-4H,2,5-9,15H2,1H3. The normalized spacial score (nSPS) is 21.1. The fraction of sp³-hybridized carbons (Fsp3) is 0.571. The Morgan fingerprint density at radius 1 is 1.38 bits per heavy atom. The molecule has 0 radical (unpaired) electrons. The number of rotatable bonds is 2. The molecule has 0 amide bonds. The lowest BCUT2D eigenvalue weighted by Crippen LogP contribution is -2.42. The molecule has 1 fully saturated rings. The van der Waals surface area contributed by atoms with Crippen LogP contribution in [-0.4, -0.2) is 13.2 Å². The topological polar surface area (TPSA) is 35.2 Å². The van der Waals surface area contributed by atoms with Crippen molar-refractivity contribution in [3.63, 3.8) is 0 Å². The number of aryl methyl sites for hydroxylation is 1. The summed E-state index contributed by atoms with van der Waals surface area (Å²) in [5, 5.41) is 0. The van der Waals surface area contributed by atoms with Gasteiger partial charge < -0.3 is 10.5 Å². The van der Waals surface area contributed by atoms with Crippen molar-refractivity contribution in [2.45, 2.75) is 38.0 Å². The molecule has 1 aromatic rings. The smallest absolute Gasteiger partial charge is 0.122 e. The van der Waals surface area contributed by atoms with Crippen molar-refractivity contribution < 1.29 is 4.74 Å². The van der Waals surface area contributed by atoms with E-state index in [1.54, 1.807) is 0 Å². The van der Waals surface area contributed by atoms with E-state index in [2.05, 4.69) is 19.1 Å². The summed E-state index contributed by atoms with van der Waals surface area (Å²) in [7, 11) is 0. The number of benzene rings is 1. The van der Waals surface area contributed by atoms with Crippen LogP contribution in [0.3, 0.4) is 0 Å². The summed E-state index contributed by atoms with van der Waals surface area (Å²) in [5.74, 6) is 1.10. The van der Waals surface area contributed by atoms with Crippen LogP contribution >= 0.6 is 0 Å². The number of ether oxygens (including phenoxy) is 1. The molecular weight excluding hydrogens is 198 g/mol. The first-order valence-electron chi connectivity index (χ1n) is 6.23. The number of nitrogens with two attached hydrogens (primary N) is 1. The third-order valence-electron chi connectivity index (χ3n) is 4.32. The highest BCUT2D eigenvalue weighted by molar-refractivity contribution is 5.51. The van der Waals surface area contributed by atoms with Gasteiger partial charge in [-0.3, -0.25) is 0 Å². The quantitative estimate of drug-likeness (QED) is 0.825. The van der Waals surface area contributed by atoms with E-state index < -0.39 is 0 Å². The largest absolute Gasteiger partial charge is 0.493 e. The van der Waals surface area contributed by atoms with Crippen molar-refractivity contribution in [2.75, 3.05) is 13.2 Å². The maximum atomic E-state index is 6.02. The van der Waals surface area contributed by atoms with Crippen molar-refractivity contribution in [2.24, 2.45) is 5.73 Å². The highest BCUT2D eigenvalue weighted by Gasteiger charge is 2.41. The molecule has 2 N–H and O–H groups in total. The van der Waals surface area contributed by atoms with Crippen molar-refractivity contribution in [3.05, 3.63) is 28.8 Å². The molecule has 1 heterocycles. The monoisotopic (exact) mass is 217 g/mol. The van der Waals surface area contributed by atoms with Gasteiger partial charge in [0.25, 0.3) is 0 Å². The Morgan fingerprint density at radius 2 is 2.19 bits per heavy atom. The van der Waals surface area contributed by atoms with Crippen molar-refractivity contribution >= 4 is 0 Å². The molecule has 2 heteroatoms. The molecule has 1 saturated carbocycles. The summed E-state index contributed by atoms with van der Waals surface area (Å²) in [5.41, 5.74) is 10.6. The van der Waals surface area contributed by atoms with Crippen LogP contribution in [0.15, 0.2) is 12.1 Å². The molecule has 2 aliphatic rings. The average molecular weight is 217 g/mol. The predicted molar refractivity (Wildman–Crippen MR) is 65.0 cm³/mol. The Hall–Kier alpha value is -1.02. The highest BCUT2D eigenvalue weighted by atomic mass is 16.5. The molecule has 16 heavy (non-hydrogen) atoms. The van der Waals surface area contributed by atoms with E-state index in [1.165, 1.54) is 36.0 Å². The molecule has 0 unspecified atom stereocenters. The molecule has 86 valence electrons. The van der Waals surface area contributed by atoms with E-state index in [9.17, 15) is 0 Å². The third-order valence-corrected chi connectivity index (χ3v) is 4.32. The first kappa shape index (κ1) is 10.2. The van der Waals surface area contributed by atoms with Gasteiger partial charge in [0, 0.05) is 23.9 Å². The maximum absolute atomic E-state index is 6.02. The molecular formula is C14H19NO. The van der Waals surface area contributed by atoms with Crippen LogP contribution in [0.25, 0.3) is 0 Å². The zero-order valence-corrected chi connectivity index (χ0v) is 9.88. The fourth-order valence-corrected chi connectivity index (χ4v) is 3.29. The SMILES string of the molecule is Cc1ccc2c(c1C1(CN)CCC1)CCO2. The second-order valence-corrected chi connectivity index (χ2v) is 5.17. The van der Waals surface area contributed by atoms with E-state index in [4.69, 9.17) is 10.5 Å². The Kier molecular flexibility index (Phi) is 2.21. The van der Waals surface area contributed by atoms with Crippen molar-refractivity contribution in [3.8, 4) is 5.75 Å². The van der Waals surface area contributed by atoms with Crippen LogP contribution in [0.5, 0.6) is 5.75 Å². The first-order chi connectivity index (χ1) is 7.77. The van der Waals surface area contributed by atoms with E-state index >= 15 is 0 Å². The van der Waals surface area contributed by atoms with Crippen LogP contribution < -0.4 is 10.5 Å². The van der Waals surface area contributed by atoms with Crippen molar-refractivity contribution in [1.29, 1.82) is 0 Å². The van der Waals surface area contributed by atoms with Gasteiger partial charge in [0.05, 0.1) is 6.61 Å². The molecule has 2 nitrogen and oxygen atoms in total. The van der Waals surface area contributed by atoms with Gasteiger partial charge in [0.1, 0.15) is 5.75 Å². The molecule has 0 saturated heterocycles. The zero-order chi connectivity index (χ0) is 11.2. The van der Waals surface area contributed by atoms with Crippen LogP contribution in [0.2, 0.25) is 0 Å². The van der Waals surface area contributed by atoms with Crippen LogP contribution in [0.4, 0.5) is 0 Å². The summed E-state index contributed by atoms with van der Waals surface area (Å²) in [6, 6.07) is 4.30. The second kappa shape index (κ2) is 3.49. The Morgan fingerprint density at radius 3 is 2.81 bits per heavy atom. The molecule has 0 bridgehead atoms. The van der Waals surface area contributed by atoms with Crippen LogP contribution in [0, 0.1) is 6.92 Å². The van der Waals surface area contributed by atoms with Gasteiger partial charge in [0.2, 0.25) is 0 Å². The lowest BCUT2D eigenvalue weighted by molar-refractivity contribution is 0.250. The van der Waals surface area contributed by atoms with E-state index in [0.29, 0.717) is 0 Å². The van der Waals surface area contributed by atoms with Crippen LogP contribution in [-0.2, 0) is 11.8 Å². The molecule has 1 aliphatic heterocycles. The van der Waals surface area contributed by atoms with E-state index in [-0.39, 0.29) is 5.41 Å². The lowest BCUT2D eigenvalue weighted by atomic mass is 9.62. The summed E-state index contributed by atoms with van der Waals surface area (Å²) in [6.07, 6.45) is 4.89. The van der Waals surface area contributed by atoms with Gasteiger partial charge >= 0.3 is 0 Å². The van der Waals surface area contributed by atoms with Crippen molar-refractivity contribution in [1.82, 2.24) is 0 Å². The lowest BCUT2D eigenvalue weighted by Gasteiger charge is -2.43. The summed E-state index contributed by atoms with van der Waals surface area (Å²) in [6.45, 7) is 3.83. The van der Waals surface area contributed by atoms with Gasteiger partial charge in [-0.2, -0.15) is 0 Å². The molecule has 1 aliphatic carbocycles. The predicted octanol–water partition coefficient (Wildman–Crippen LogP) is 2.31. The minimum atomic E-state index is 0.267. The number of fused-ring (bicyclic) bond motifs is 1. The van der Waals surface area contributed by atoms with Gasteiger partial charge in [-0.15, -0.1) is 0 Å². The van der Waals surface area contributed by atoms with Gasteiger partial charge in [0.15, 0.2) is 0 Å². The number of hydrogen-bond acceptors (Lipinski definition) is 2. The minimum absolute atomic E-state index is 0.267. The fourth-order valence-electron chi connectivity index (χ4n) is 3.29.